The second kappa shape index (κ2) is 6.52. The summed E-state index contributed by atoms with van der Waals surface area (Å²) in [7, 11) is -3.58. The molecular weight excluding hydrogens is 312 g/mol. The summed E-state index contributed by atoms with van der Waals surface area (Å²) in [4.78, 5) is 11.4. The lowest BCUT2D eigenvalue weighted by molar-refractivity contribution is -0.122. The van der Waals surface area contributed by atoms with Gasteiger partial charge in [-0.3, -0.25) is 4.79 Å². The summed E-state index contributed by atoms with van der Waals surface area (Å²) in [6.07, 6.45) is 0.868. The number of piperidine rings is 1. The fraction of sp³-hybridized carbons (Fsp3) is 0.235. The van der Waals surface area contributed by atoms with E-state index in [1.165, 1.54) is 0 Å². The first-order valence-corrected chi connectivity index (χ1v) is 8.97. The number of sulfonamides is 1. The largest absolute Gasteiger partial charge is 0.355 e. The monoisotopic (exact) mass is 330 g/mol. The van der Waals surface area contributed by atoms with Crippen molar-refractivity contribution in [2.75, 3.05) is 6.54 Å². The molecule has 0 saturated carbocycles. The SMILES string of the molecule is O=C1CC[C@@H](NS(=O)(=O)c2ccc(-c3ccccc3)cc2)CN1. The maximum atomic E-state index is 12.4. The van der Waals surface area contributed by atoms with E-state index in [1.807, 2.05) is 30.3 Å². The third kappa shape index (κ3) is 3.78. The molecule has 2 aromatic carbocycles. The van der Waals surface area contributed by atoms with E-state index >= 15 is 0 Å². The maximum Gasteiger partial charge on any atom is 0.240 e. The zero-order chi connectivity index (χ0) is 16.3. The Balaban J connectivity index is 1.74. The fourth-order valence-corrected chi connectivity index (χ4v) is 3.85. The predicted molar refractivity (Wildman–Crippen MR) is 88.2 cm³/mol. The molecule has 5 nitrogen and oxygen atoms in total. The Morgan fingerprint density at radius 3 is 2.22 bits per heavy atom. The summed E-state index contributed by atoms with van der Waals surface area (Å²) < 4.78 is 27.5. The van der Waals surface area contributed by atoms with Gasteiger partial charge in [-0.25, -0.2) is 13.1 Å². The van der Waals surface area contributed by atoms with Gasteiger partial charge in [0.05, 0.1) is 4.90 Å². The van der Waals surface area contributed by atoms with Crippen LogP contribution >= 0.6 is 0 Å². The Bertz CT molecular complexity index is 776. The van der Waals surface area contributed by atoms with Crippen molar-refractivity contribution in [3.63, 3.8) is 0 Å². The van der Waals surface area contributed by atoms with Crippen molar-refractivity contribution in [2.24, 2.45) is 0 Å². The summed E-state index contributed by atoms with van der Waals surface area (Å²) >= 11 is 0. The van der Waals surface area contributed by atoms with Gasteiger partial charge >= 0.3 is 0 Å². The molecule has 1 amide bonds. The lowest BCUT2D eigenvalue weighted by atomic mass is 10.1. The first-order valence-electron chi connectivity index (χ1n) is 7.49. The molecule has 1 aliphatic rings. The number of amides is 1. The van der Waals surface area contributed by atoms with Crippen LogP contribution < -0.4 is 10.0 Å². The normalized spacial score (nSPS) is 18.4. The van der Waals surface area contributed by atoms with Gasteiger partial charge in [0.2, 0.25) is 15.9 Å². The molecule has 1 aliphatic heterocycles. The summed E-state index contributed by atoms with van der Waals surface area (Å²) in [5, 5.41) is 2.67. The van der Waals surface area contributed by atoms with E-state index in [1.54, 1.807) is 24.3 Å². The molecule has 120 valence electrons. The highest BCUT2D eigenvalue weighted by molar-refractivity contribution is 7.89. The van der Waals surface area contributed by atoms with E-state index in [0.29, 0.717) is 19.4 Å². The van der Waals surface area contributed by atoms with Gasteiger partial charge < -0.3 is 5.32 Å². The van der Waals surface area contributed by atoms with Crippen molar-refractivity contribution in [3.8, 4) is 11.1 Å². The van der Waals surface area contributed by atoms with Crippen LogP contribution in [0.25, 0.3) is 11.1 Å². The van der Waals surface area contributed by atoms with Gasteiger partial charge in [0.1, 0.15) is 0 Å². The molecule has 0 spiro atoms. The van der Waals surface area contributed by atoms with E-state index in [-0.39, 0.29) is 16.8 Å². The van der Waals surface area contributed by atoms with Crippen LogP contribution in [-0.4, -0.2) is 26.9 Å². The van der Waals surface area contributed by atoms with E-state index in [9.17, 15) is 13.2 Å². The Hall–Kier alpha value is -2.18. The molecule has 3 rings (SSSR count). The molecule has 1 atom stereocenters. The predicted octanol–water partition coefficient (Wildman–Crippen LogP) is 1.91. The average molecular weight is 330 g/mol. The molecular formula is C17H18N2O3S. The minimum absolute atomic E-state index is 0.0346. The molecule has 2 aromatic rings. The lowest BCUT2D eigenvalue weighted by Gasteiger charge is -2.23. The van der Waals surface area contributed by atoms with Crippen molar-refractivity contribution in [1.29, 1.82) is 0 Å². The molecule has 23 heavy (non-hydrogen) atoms. The average Bonchev–Trinajstić information content (AvgIpc) is 2.58. The minimum atomic E-state index is -3.58. The second-order valence-electron chi connectivity index (χ2n) is 5.55. The van der Waals surface area contributed by atoms with Gasteiger partial charge in [-0.05, 0) is 29.7 Å². The minimum Gasteiger partial charge on any atom is -0.355 e. The van der Waals surface area contributed by atoms with Crippen LogP contribution in [0.2, 0.25) is 0 Å². The van der Waals surface area contributed by atoms with Crippen molar-refractivity contribution in [2.45, 2.75) is 23.8 Å². The summed E-state index contributed by atoms with van der Waals surface area (Å²) in [5.74, 6) is -0.0346. The summed E-state index contributed by atoms with van der Waals surface area (Å²) in [6.45, 7) is 0.333. The lowest BCUT2D eigenvalue weighted by Crippen LogP contribution is -2.47. The number of nitrogens with one attached hydrogen (secondary N) is 2. The number of rotatable bonds is 4. The van der Waals surface area contributed by atoms with Crippen LogP contribution in [0.4, 0.5) is 0 Å². The van der Waals surface area contributed by atoms with Crippen molar-refractivity contribution in [1.82, 2.24) is 10.0 Å². The highest BCUT2D eigenvalue weighted by atomic mass is 32.2. The molecule has 6 heteroatoms. The van der Waals surface area contributed by atoms with Crippen LogP contribution in [0, 0.1) is 0 Å². The highest BCUT2D eigenvalue weighted by Gasteiger charge is 2.24. The quantitative estimate of drug-likeness (QED) is 0.899. The van der Waals surface area contributed by atoms with Gasteiger partial charge in [0.25, 0.3) is 0 Å². The maximum absolute atomic E-state index is 12.4. The first kappa shape index (κ1) is 15.7. The van der Waals surface area contributed by atoms with E-state index in [2.05, 4.69) is 10.0 Å². The van der Waals surface area contributed by atoms with Crippen molar-refractivity contribution < 1.29 is 13.2 Å². The van der Waals surface area contributed by atoms with Gasteiger partial charge in [0, 0.05) is 19.0 Å². The van der Waals surface area contributed by atoms with Gasteiger partial charge in [-0.1, -0.05) is 42.5 Å². The summed E-state index contributed by atoms with van der Waals surface area (Å²) in [5.41, 5.74) is 2.01. The molecule has 0 bridgehead atoms. The van der Waals surface area contributed by atoms with Crippen molar-refractivity contribution >= 4 is 15.9 Å². The van der Waals surface area contributed by atoms with Crippen LogP contribution in [0.5, 0.6) is 0 Å². The molecule has 2 N–H and O–H groups in total. The Kier molecular flexibility index (Phi) is 4.45. The highest BCUT2D eigenvalue weighted by Crippen LogP contribution is 2.21. The molecule has 0 aliphatic carbocycles. The second-order valence-corrected chi connectivity index (χ2v) is 7.27. The standard InChI is InChI=1S/C17H18N2O3S/c20-17-11-8-15(12-18-17)19-23(21,22)16-9-6-14(7-10-16)13-4-2-1-3-5-13/h1-7,9-10,15,19H,8,11-12H2,(H,18,20)/t15-/m1/s1. The van der Waals surface area contributed by atoms with Crippen LogP contribution in [0.3, 0.4) is 0 Å². The zero-order valence-corrected chi connectivity index (χ0v) is 13.3. The Morgan fingerprint density at radius 1 is 0.957 bits per heavy atom. The molecule has 0 unspecified atom stereocenters. The van der Waals surface area contributed by atoms with E-state index < -0.39 is 10.0 Å². The van der Waals surface area contributed by atoms with Crippen LogP contribution in [0.15, 0.2) is 59.5 Å². The summed E-state index contributed by atoms with van der Waals surface area (Å²) in [6, 6.07) is 16.3. The molecule has 0 radical (unpaired) electrons. The first-order chi connectivity index (χ1) is 11.0. The van der Waals surface area contributed by atoms with E-state index in [0.717, 1.165) is 11.1 Å². The third-order valence-corrected chi connectivity index (χ3v) is 5.40. The number of benzene rings is 2. The fourth-order valence-electron chi connectivity index (χ4n) is 2.58. The molecule has 1 fully saturated rings. The molecule has 1 saturated heterocycles. The van der Waals surface area contributed by atoms with Crippen molar-refractivity contribution in [3.05, 3.63) is 54.6 Å². The molecule has 1 heterocycles. The van der Waals surface area contributed by atoms with Gasteiger partial charge in [-0.15, -0.1) is 0 Å². The van der Waals surface area contributed by atoms with Crippen LogP contribution in [-0.2, 0) is 14.8 Å². The number of hydrogen-bond donors (Lipinski definition) is 2. The van der Waals surface area contributed by atoms with Gasteiger partial charge in [0.15, 0.2) is 0 Å². The molecule has 0 aromatic heterocycles. The Morgan fingerprint density at radius 2 is 1.61 bits per heavy atom. The van der Waals surface area contributed by atoms with Crippen LogP contribution in [0.1, 0.15) is 12.8 Å². The number of carbonyl (C=O) groups excluding carboxylic acids is 1. The number of hydrogen-bond acceptors (Lipinski definition) is 3. The third-order valence-electron chi connectivity index (χ3n) is 3.86. The zero-order valence-electron chi connectivity index (χ0n) is 12.5. The number of carbonyl (C=O) groups is 1. The smallest absolute Gasteiger partial charge is 0.240 e. The topological polar surface area (TPSA) is 75.3 Å². The Labute approximate surface area is 135 Å². The van der Waals surface area contributed by atoms with Gasteiger partial charge in [-0.2, -0.15) is 0 Å². The van der Waals surface area contributed by atoms with E-state index in [4.69, 9.17) is 0 Å².